The predicted octanol–water partition coefficient (Wildman–Crippen LogP) is 3.62. The number of rotatable bonds is 5. The molecule has 7 heteroatoms. The fraction of sp³-hybridized carbons (Fsp3) is 0.400. The zero-order valence-electron chi connectivity index (χ0n) is 18.2. The zero-order valence-corrected chi connectivity index (χ0v) is 18.2. The van der Waals surface area contributed by atoms with Crippen LogP contribution in [-0.2, 0) is 11.3 Å². The van der Waals surface area contributed by atoms with E-state index < -0.39 is 0 Å². The van der Waals surface area contributed by atoms with E-state index in [1.807, 2.05) is 13.0 Å². The number of hydrogen-bond donors (Lipinski definition) is 0. The fourth-order valence-electron chi connectivity index (χ4n) is 4.47. The van der Waals surface area contributed by atoms with Crippen LogP contribution >= 0.6 is 0 Å². The second-order valence-corrected chi connectivity index (χ2v) is 8.50. The number of nitrogens with zero attached hydrogens (tertiary/aromatic N) is 2. The van der Waals surface area contributed by atoms with Gasteiger partial charge in [0.25, 0.3) is 0 Å². The van der Waals surface area contributed by atoms with E-state index in [2.05, 4.69) is 9.80 Å². The van der Waals surface area contributed by atoms with Crippen LogP contribution in [0.3, 0.4) is 0 Å². The maximum Gasteiger partial charge on any atom is 0.232 e. The standard InChI is InChI=1S/C25H27FN2O4/c1-17-13-21-20(15-28(16-31-21)8-2-7-27-9-11-30-12-10-27)25-23(17)24(29)22(32-25)14-18-3-5-19(26)6-4-18/h3-6,13-14H,2,7-12,15-16H2,1H3/b22-14-. The van der Waals surface area contributed by atoms with Crippen LogP contribution in [0.5, 0.6) is 11.5 Å². The van der Waals surface area contributed by atoms with Crippen LogP contribution in [0.1, 0.15) is 33.5 Å². The maximum absolute atomic E-state index is 13.2. The third-order valence-corrected chi connectivity index (χ3v) is 6.21. The molecule has 0 bridgehead atoms. The minimum atomic E-state index is -0.315. The van der Waals surface area contributed by atoms with Crippen LogP contribution in [0.4, 0.5) is 4.39 Å². The Balaban J connectivity index is 1.32. The van der Waals surface area contributed by atoms with Gasteiger partial charge in [0.1, 0.15) is 24.0 Å². The number of allylic oxidation sites excluding steroid dienone is 1. The summed E-state index contributed by atoms with van der Waals surface area (Å²) < 4.78 is 30.7. The van der Waals surface area contributed by atoms with Gasteiger partial charge in [-0.15, -0.1) is 0 Å². The number of aryl methyl sites for hydroxylation is 1. The van der Waals surface area contributed by atoms with Gasteiger partial charge in [-0.05, 0) is 55.3 Å². The molecule has 3 heterocycles. The molecule has 32 heavy (non-hydrogen) atoms. The summed E-state index contributed by atoms with van der Waals surface area (Å²) >= 11 is 0. The van der Waals surface area contributed by atoms with Gasteiger partial charge >= 0.3 is 0 Å². The molecule has 5 rings (SSSR count). The number of hydrogen-bond acceptors (Lipinski definition) is 6. The fourth-order valence-corrected chi connectivity index (χ4v) is 4.47. The highest BCUT2D eigenvalue weighted by molar-refractivity contribution is 6.15. The molecule has 0 atom stereocenters. The Morgan fingerprint density at radius 2 is 1.84 bits per heavy atom. The van der Waals surface area contributed by atoms with E-state index in [9.17, 15) is 9.18 Å². The minimum Gasteiger partial charge on any atom is -0.478 e. The van der Waals surface area contributed by atoms with Crippen LogP contribution in [0, 0.1) is 12.7 Å². The number of ether oxygens (including phenoxy) is 3. The van der Waals surface area contributed by atoms with Crippen molar-refractivity contribution < 1.29 is 23.4 Å². The molecule has 1 fully saturated rings. The van der Waals surface area contributed by atoms with Crippen LogP contribution in [0.25, 0.3) is 6.08 Å². The molecule has 3 aliphatic rings. The van der Waals surface area contributed by atoms with Gasteiger partial charge in [-0.1, -0.05) is 12.1 Å². The molecule has 0 unspecified atom stereocenters. The van der Waals surface area contributed by atoms with Gasteiger partial charge in [0, 0.05) is 26.2 Å². The van der Waals surface area contributed by atoms with E-state index in [1.54, 1.807) is 18.2 Å². The van der Waals surface area contributed by atoms with Crippen molar-refractivity contribution in [3.8, 4) is 11.5 Å². The Labute approximate surface area is 187 Å². The van der Waals surface area contributed by atoms with Gasteiger partial charge in [-0.3, -0.25) is 14.6 Å². The Bertz CT molecular complexity index is 1040. The van der Waals surface area contributed by atoms with Crippen molar-refractivity contribution in [2.24, 2.45) is 0 Å². The Morgan fingerprint density at radius 1 is 1.09 bits per heavy atom. The molecule has 0 spiro atoms. The summed E-state index contributed by atoms with van der Waals surface area (Å²) in [6.45, 7) is 8.66. The second-order valence-electron chi connectivity index (χ2n) is 8.50. The lowest BCUT2D eigenvalue weighted by Crippen LogP contribution is -2.39. The van der Waals surface area contributed by atoms with E-state index in [0.29, 0.717) is 24.6 Å². The van der Waals surface area contributed by atoms with Crippen LogP contribution in [0.15, 0.2) is 36.1 Å². The molecule has 1 saturated heterocycles. The first-order chi connectivity index (χ1) is 15.6. The predicted molar refractivity (Wildman–Crippen MR) is 118 cm³/mol. The van der Waals surface area contributed by atoms with Crippen molar-refractivity contribution in [3.05, 3.63) is 64.2 Å². The number of Topliss-reactive ketones (excluding diaryl/α,β-unsaturated/α-hetero) is 1. The molecule has 0 amide bonds. The topological polar surface area (TPSA) is 51.2 Å². The number of carbonyl (C=O) groups is 1. The molecular formula is C25H27FN2O4. The molecule has 0 saturated carbocycles. The molecular weight excluding hydrogens is 411 g/mol. The Kier molecular flexibility index (Phi) is 5.95. The quantitative estimate of drug-likeness (QED) is 0.665. The molecule has 168 valence electrons. The van der Waals surface area contributed by atoms with Gasteiger partial charge in [-0.25, -0.2) is 4.39 Å². The van der Waals surface area contributed by atoms with E-state index >= 15 is 0 Å². The molecule has 0 aliphatic carbocycles. The van der Waals surface area contributed by atoms with Gasteiger partial charge < -0.3 is 14.2 Å². The van der Waals surface area contributed by atoms with E-state index in [4.69, 9.17) is 14.2 Å². The average Bonchev–Trinajstić information content (AvgIpc) is 3.13. The van der Waals surface area contributed by atoms with Crippen molar-refractivity contribution in [2.45, 2.75) is 19.9 Å². The second kappa shape index (κ2) is 9.02. The van der Waals surface area contributed by atoms with Crippen molar-refractivity contribution in [3.63, 3.8) is 0 Å². The third-order valence-electron chi connectivity index (χ3n) is 6.21. The smallest absolute Gasteiger partial charge is 0.232 e. The maximum atomic E-state index is 13.2. The number of benzene rings is 2. The zero-order chi connectivity index (χ0) is 22.1. The highest BCUT2D eigenvalue weighted by atomic mass is 19.1. The first kappa shape index (κ1) is 21.1. The summed E-state index contributed by atoms with van der Waals surface area (Å²) in [7, 11) is 0. The molecule has 2 aromatic carbocycles. The van der Waals surface area contributed by atoms with Crippen LogP contribution < -0.4 is 9.47 Å². The highest BCUT2D eigenvalue weighted by Gasteiger charge is 2.35. The van der Waals surface area contributed by atoms with E-state index in [1.165, 1.54) is 12.1 Å². The van der Waals surface area contributed by atoms with Gasteiger partial charge in [0.2, 0.25) is 5.78 Å². The van der Waals surface area contributed by atoms with Gasteiger partial charge in [0.05, 0.1) is 24.3 Å². The Hall–Kier alpha value is -2.74. The normalized spacial score (nSPS) is 20.1. The van der Waals surface area contributed by atoms with E-state index in [-0.39, 0.29) is 17.4 Å². The molecule has 0 radical (unpaired) electrons. The largest absolute Gasteiger partial charge is 0.478 e. The first-order valence-electron chi connectivity index (χ1n) is 11.1. The SMILES string of the molecule is Cc1cc2c(c3c1C(=O)/C(=C/c1ccc(F)cc1)O3)CN(CCCN1CCOCC1)CO2. The average molecular weight is 438 g/mol. The van der Waals surface area contributed by atoms with Crippen molar-refractivity contribution in [2.75, 3.05) is 46.1 Å². The van der Waals surface area contributed by atoms with Gasteiger partial charge in [-0.2, -0.15) is 0 Å². The molecule has 3 aliphatic heterocycles. The summed E-state index contributed by atoms with van der Waals surface area (Å²) in [5.74, 6) is 1.17. The Morgan fingerprint density at radius 3 is 2.62 bits per heavy atom. The molecule has 0 aromatic heterocycles. The summed E-state index contributed by atoms with van der Waals surface area (Å²) in [4.78, 5) is 17.7. The molecule has 0 N–H and O–H groups in total. The van der Waals surface area contributed by atoms with Gasteiger partial charge in [0.15, 0.2) is 5.76 Å². The highest BCUT2D eigenvalue weighted by Crippen LogP contribution is 2.44. The lowest BCUT2D eigenvalue weighted by Gasteiger charge is -2.31. The van der Waals surface area contributed by atoms with Crippen molar-refractivity contribution in [1.29, 1.82) is 0 Å². The lowest BCUT2D eigenvalue weighted by atomic mass is 9.98. The van der Waals surface area contributed by atoms with Crippen molar-refractivity contribution >= 4 is 11.9 Å². The summed E-state index contributed by atoms with van der Waals surface area (Å²) in [6.07, 6.45) is 2.71. The number of halogens is 1. The number of morpholine rings is 1. The summed E-state index contributed by atoms with van der Waals surface area (Å²) in [6, 6.07) is 7.93. The molecule has 2 aromatic rings. The summed E-state index contributed by atoms with van der Waals surface area (Å²) in [5, 5.41) is 0. The van der Waals surface area contributed by atoms with Crippen LogP contribution in [-0.4, -0.2) is 61.7 Å². The van der Waals surface area contributed by atoms with Crippen molar-refractivity contribution in [1.82, 2.24) is 9.80 Å². The number of fused-ring (bicyclic) bond motifs is 3. The number of ketones is 1. The summed E-state index contributed by atoms with van der Waals surface area (Å²) in [5.41, 5.74) is 3.07. The first-order valence-corrected chi connectivity index (χ1v) is 11.1. The monoisotopic (exact) mass is 438 g/mol. The molecule has 6 nitrogen and oxygen atoms in total. The third kappa shape index (κ3) is 4.28. The minimum absolute atomic E-state index is 0.144. The number of carbonyl (C=O) groups excluding carboxylic acids is 1. The lowest BCUT2D eigenvalue weighted by molar-refractivity contribution is 0.0329. The van der Waals surface area contributed by atoms with E-state index in [0.717, 1.165) is 68.3 Å². The van der Waals surface area contributed by atoms with Crippen LogP contribution in [0.2, 0.25) is 0 Å².